The molecule has 0 unspecified atom stereocenters. The summed E-state index contributed by atoms with van der Waals surface area (Å²) in [5.74, 6) is 1.15. The quantitative estimate of drug-likeness (QED) is 0.416. The van der Waals surface area contributed by atoms with Gasteiger partial charge in [-0.15, -0.1) is 35.3 Å². The predicted molar refractivity (Wildman–Crippen MR) is 106 cm³/mol. The highest BCUT2D eigenvalue weighted by molar-refractivity contribution is 14.0. The topological polar surface area (TPSA) is 63.3 Å². The lowest BCUT2D eigenvalue weighted by Gasteiger charge is -2.06. The van der Waals surface area contributed by atoms with Gasteiger partial charge in [0.1, 0.15) is 5.01 Å². The monoisotopic (exact) mass is 430 g/mol. The molecule has 1 heterocycles. The van der Waals surface area contributed by atoms with Gasteiger partial charge in [-0.1, -0.05) is 44.2 Å². The maximum absolute atomic E-state index is 5.84. The summed E-state index contributed by atoms with van der Waals surface area (Å²) in [6, 6.07) is 10.2. The number of thiazole rings is 1. The highest BCUT2D eigenvalue weighted by atomic mass is 127. The number of aromatic nitrogens is 1. The van der Waals surface area contributed by atoms with Crippen LogP contribution in [0.3, 0.4) is 0 Å². The van der Waals surface area contributed by atoms with Gasteiger partial charge < -0.3 is 11.1 Å². The van der Waals surface area contributed by atoms with Crippen molar-refractivity contribution >= 4 is 41.3 Å². The van der Waals surface area contributed by atoms with Gasteiger partial charge >= 0.3 is 0 Å². The third-order valence-corrected chi connectivity index (χ3v) is 3.95. The van der Waals surface area contributed by atoms with E-state index in [2.05, 4.69) is 41.3 Å². The van der Waals surface area contributed by atoms with Gasteiger partial charge in [0.2, 0.25) is 0 Å². The fourth-order valence-electron chi connectivity index (χ4n) is 1.80. The number of rotatable bonds is 6. The van der Waals surface area contributed by atoms with Crippen molar-refractivity contribution in [1.82, 2.24) is 10.3 Å². The number of aliphatic imine (C=N–C) groups is 1. The van der Waals surface area contributed by atoms with Gasteiger partial charge in [0.05, 0.1) is 12.2 Å². The van der Waals surface area contributed by atoms with Crippen molar-refractivity contribution in [2.45, 2.75) is 26.8 Å². The molecule has 0 amide bonds. The van der Waals surface area contributed by atoms with E-state index < -0.39 is 0 Å². The van der Waals surface area contributed by atoms with Crippen LogP contribution in [0.5, 0.6) is 0 Å². The smallest absolute Gasteiger partial charge is 0.188 e. The fraction of sp³-hybridized carbons (Fsp3) is 0.375. The number of guanidine groups is 1. The first kappa shape index (κ1) is 18.9. The predicted octanol–water partition coefficient (Wildman–Crippen LogP) is 3.88. The molecule has 1 aromatic heterocycles. The molecule has 2 rings (SSSR count). The molecular weight excluding hydrogens is 407 g/mol. The third kappa shape index (κ3) is 6.31. The summed E-state index contributed by atoms with van der Waals surface area (Å²) in [7, 11) is 0. The fourth-order valence-corrected chi connectivity index (χ4v) is 2.62. The number of hydrogen-bond acceptors (Lipinski definition) is 3. The molecule has 3 N–H and O–H groups in total. The summed E-state index contributed by atoms with van der Waals surface area (Å²) >= 11 is 1.63. The van der Waals surface area contributed by atoms with Crippen LogP contribution in [-0.4, -0.2) is 17.5 Å². The van der Waals surface area contributed by atoms with Crippen LogP contribution in [0.1, 0.15) is 26.0 Å². The summed E-state index contributed by atoms with van der Waals surface area (Å²) < 4.78 is 0. The highest BCUT2D eigenvalue weighted by Crippen LogP contribution is 2.23. The van der Waals surface area contributed by atoms with Crippen LogP contribution in [0.25, 0.3) is 10.6 Å². The van der Waals surface area contributed by atoms with Gasteiger partial charge in [-0.05, 0) is 12.3 Å². The Kier molecular flexibility index (Phi) is 8.40. The van der Waals surface area contributed by atoms with E-state index in [9.17, 15) is 0 Å². The second kappa shape index (κ2) is 9.78. The van der Waals surface area contributed by atoms with Crippen LogP contribution in [0, 0.1) is 5.92 Å². The van der Waals surface area contributed by atoms with Crippen LogP contribution in [-0.2, 0) is 6.54 Å². The Balaban J connectivity index is 0.00000242. The standard InChI is InChI=1S/C16H22N4S.HI/c1-12(2)8-9-18-16(17)19-10-14-11-21-15(20-14)13-6-4-3-5-7-13;/h3-7,11-12H,8-10H2,1-2H3,(H3,17,18,19);1H. The Bertz CT molecular complexity index is 581. The van der Waals surface area contributed by atoms with Crippen LogP contribution in [0.15, 0.2) is 40.7 Å². The van der Waals surface area contributed by atoms with Crippen molar-refractivity contribution in [3.63, 3.8) is 0 Å². The van der Waals surface area contributed by atoms with E-state index in [0.29, 0.717) is 18.4 Å². The molecule has 0 atom stereocenters. The lowest BCUT2D eigenvalue weighted by atomic mass is 10.1. The Labute approximate surface area is 153 Å². The van der Waals surface area contributed by atoms with Gasteiger partial charge in [-0.2, -0.15) is 0 Å². The van der Waals surface area contributed by atoms with E-state index >= 15 is 0 Å². The van der Waals surface area contributed by atoms with Crippen LogP contribution in [0.2, 0.25) is 0 Å². The summed E-state index contributed by atoms with van der Waals surface area (Å²) in [4.78, 5) is 8.91. The maximum Gasteiger partial charge on any atom is 0.188 e. The molecule has 0 saturated carbocycles. The van der Waals surface area contributed by atoms with E-state index in [0.717, 1.165) is 29.2 Å². The van der Waals surface area contributed by atoms with Crippen molar-refractivity contribution in [1.29, 1.82) is 0 Å². The number of nitrogens with zero attached hydrogens (tertiary/aromatic N) is 2. The number of hydrogen-bond donors (Lipinski definition) is 2. The van der Waals surface area contributed by atoms with E-state index in [1.54, 1.807) is 11.3 Å². The highest BCUT2D eigenvalue weighted by Gasteiger charge is 2.04. The van der Waals surface area contributed by atoms with Crippen molar-refractivity contribution in [3.05, 3.63) is 41.4 Å². The second-order valence-electron chi connectivity index (χ2n) is 5.32. The van der Waals surface area contributed by atoms with Crippen molar-refractivity contribution < 1.29 is 0 Å². The molecular formula is C16H23IN4S. The molecule has 4 nitrogen and oxygen atoms in total. The van der Waals surface area contributed by atoms with E-state index in [1.165, 1.54) is 0 Å². The summed E-state index contributed by atoms with van der Waals surface area (Å²) in [5, 5.41) is 6.18. The molecule has 2 aromatic rings. The molecule has 22 heavy (non-hydrogen) atoms. The van der Waals surface area contributed by atoms with E-state index in [4.69, 9.17) is 5.73 Å². The minimum Gasteiger partial charge on any atom is -0.370 e. The van der Waals surface area contributed by atoms with Gasteiger partial charge in [0, 0.05) is 17.5 Å². The zero-order valence-electron chi connectivity index (χ0n) is 13.0. The Morgan fingerprint density at radius 2 is 2.05 bits per heavy atom. The lowest BCUT2D eigenvalue weighted by molar-refractivity contribution is 0.576. The van der Waals surface area contributed by atoms with Crippen LogP contribution in [0.4, 0.5) is 0 Å². The van der Waals surface area contributed by atoms with Crippen LogP contribution >= 0.6 is 35.3 Å². The second-order valence-corrected chi connectivity index (χ2v) is 6.18. The zero-order valence-corrected chi connectivity index (χ0v) is 16.1. The Morgan fingerprint density at radius 3 is 2.73 bits per heavy atom. The molecule has 120 valence electrons. The molecule has 0 radical (unpaired) electrons. The van der Waals surface area contributed by atoms with Crippen molar-refractivity contribution in [3.8, 4) is 10.6 Å². The lowest BCUT2D eigenvalue weighted by Crippen LogP contribution is -2.32. The molecule has 0 aliphatic carbocycles. The average molecular weight is 430 g/mol. The molecule has 0 spiro atoms. The Morgan fingerprint density at radius 1 is 1.32 bits per heavy atom. The van der Waals surface area contributed by atoms with Crippen LogP contribution < -0.4 is 11.1 Å². The van der Waals surface area contributed by atoms with Gasteiger partial charge in [0.25, 0.3) is 0 Å². The van der Waals surface area contributed by atoms with Crippen molar-refractivity contribution in [2.24, 2.45) is 16.6 Å². The zero-order chi connectivity index (χ0) is 15.1. The first-order valence-corrected chi connectivity index (χ1v) is 8.06. The minimum atomic E-state index is 0. The SMILES string of the molecule is CC(C)CCNC(N)=NCc1csc(-c2ccccc2)n1.I. The molecule has 0 aliphatic heterocycles. The number of halogens is 1. The van der Waals surface area contributed by atoms with E-state index in [1.807, 2.05) is 23.6 Å². The number of benzene rings is 1. The minimum absolute atomic E-state index is 0. The van der Waals surface area contributed by atoms with E-state index in [-0.39, 0.29) is 24.0 Å². The first-order valence-electron chi connectivity index (χ1n) is 7.18. The summed E-state index contributed by atoms with van der Waals surface area (Å²) in [6.07, 6.45) is 1.09. The largest absolute Gasteiger partial charge is 0.370 e. The van der Waals surface area contributed by atoms with Gasteiger partial charge in [0.15, 0.2) is 5.96 Å². The number of nitrogens with two attached hydrogens (primary N) is 1. The summed E-state index contributed by atoms with van der Waals surface area (Å²) in [6.45, 7) is 5.76. The molecule has 1 aromatic carbocycles. The number of nitrogens with one attached hydrogen (secondary N) is 1. The third-order valence-electron chi connectivity index (χ3n) is 3.01. The Hall–Kier alpha value is -1.15. The van der Waals surface area contributed by atoms with Gasteiger partial charge in [-0.3, -0.25) is 0 Å². The maximum atomic E-state index is 5.84. The molecule has 0 saturated heterocycles. The molecule has 0 fully saturated rings. The molecule has 6 heteroatoms. The first-order chi connectivity index (χ1) is 10.1. The van der Waals surface area contributed by atoms with Gasteiger partial charge in [-0.25, -0.2) is 9.98 Å². The molecule has 0 bridgehead atoms. The van der Waals surface area contributed by atoms with Crippen molar-refractivity contribution in [2.75, 3.05) is 6.54 Å². The normalized spacial score (nSPS) is 11.3. The summed E-state index contributed by atoms with van der Waals surface area (Å²) in [5.41, 5.74) is 7.93. The average Bonchev–Trinajstić information content (AvgIpc) is 2.94. The molecule has 0 aliphatic rings.